The lowest BCUT2D eigenvalue weighted by Gasteiger charge is -2.30. The van der Waals surface area contributed by atoms with Crippen LogP contribution >= 0.6 is 11.3 Å². The summed E-state index contributed by atoms with van der Waals surface area (Å²) in [6.07, 6.45) is 2.82. The van der Waals surface area contributed by atoms with E-state index in [1.165, 1.54) is 16.7 Å². The summed E-state index contributed by atoms with van der Waals surface area (Å²) in [5.74, 6) is 0.0867. The Labute approximate surface area is 182 Å². The normalized spacial score (nSPS) is 17.4. The molecule has 2 aliphatic rings. The van der Waals surface area contributed by atoms with Gasteiger partial charge in [-0.1, -0.05) is 29.8 Å². The smallest absolute Gasteiger partial charge is 0.307 e. The molecule has 0 unspecified atom stereocenters. The Balaban J connectivity index is 1.53. The van der Waals surface area contributed by atoms with Crippen molar-refractivity contribution in [1.29, 1.82) is 0 Å². The van der Waals surface area contributed by atoms with Crippen molar-refractivity contribution in [3.63, 3.8) is 0 Å². The summed E-state index contributed by atoms with van der Waals surface area (Å²) in [6.45, 7) is 8.29. The molecule has 1 aliphatic carbocycles. The van der Waals surface area contributed by atoms with Gasteiger partial charge in [0.15, 0.2) is 5.78 Å². The molecule has 0 atom stereocenters. The summed E-state index contributed by atoms with van der Waals surface area (Å²) in [5.41, 5.74) is 5.69. The summed E-state index contributed by atoms with van der Waals surface area (Å²) in [5, 5.41) is 2.03. The number of rotatable bonds is 3. The topological polar surface area (TPSA) is 46.6 Å². The Hall–Kier alpha value is -2.24. The van der Waals surface area contributed by atoms with Gasteiger partial charge < -0.3 is 9.64 Å². The van der Waals surface area contributed by atoms with Crippen LogP contribution in [-0.2, 0) is 16.0 Å². The van der Waals surface area contributed by atoms with Crippen molar-refractivity contribution in [2.45, 2.75) is 52.1 Å². The number of likely N-dealkylation sites (tertiary alicyclic amines) is 1. The van der Waals surface area contributed by atoms with Crippen LogP contribution in [0.1, 0.15) is 66.4 Å². The fourth-order valence-electron chi connectivity index (χ4n) is 4.36. The number of ketones is 1. The van der Waals surface area contributed by atoms with Crippen molar-refractivity contribution in [2.75, 3.05) is 19.6 Å². The number of carbonyl (C=O) groups is 2. The zero-order valence-corrected chi connectivity index (χ0v) is 18.8. The van der Waals surface area contributed by atoms with Gasteiger partial charge in [0.2, 0.25) is 0 Å². The third kappa shape index (κ3) is 4.57. The van der Waals surface area contributed by atoms with Crippen molar-refractivity contribution < 1.29 is 14.3 Å². The van der Waals surface area contributed by atoms with Crippen LogP contribution in [0.5, 0.6) is 0 Å². The monoisotopic (exact) mass is 423 g/mol. The van der Waals surface area contributed by atoms with Crippen LogP contribution in [0.2, 0.25) is 0 Å². The highest BCUT2D eigenvalue weighted by atomic mass is 32.1. The van der Waals surface area contributed by atoms with E-state index in [1.54, 1.807) is 11.3 Å². The summed E-state index contributed by atoms with van der Waals surface area (Å²) in [4.78, 5) is 28.1. The van der Waals surface area contributed by atoms with Gasteiger partial charge in [-0.25, -0.2) is 0 Å². The number of Topliss-reactive ketones (excluding diaryl/α,β-unsaturated/α-hetero) is 1. The van der Waals surface area contributed by atoms with Gasteiger partial charge in [0.1, 0.15) is 5.60 Å². The SMILES string of the molecule is CC(C)(C)OC(=O)CCN1CCC(=C2c3ccccc3CC(=O)c3sccc32)CC1. The van der Waals surface area contributed by atoms with E-state index in [2.05, 4.69) is 29.2 Å². The maximum absolute atomic E-state index is 12.8. The van der Waals surface area contributed by atoms with Crippen molar-refractivity contribution in [3.8, 4) is 0 Å². The lowest BCUT2D eigenvalue weighted by molar-refractivity contribution is -0.155. The van der Waals surface area contributed by atoms with Crippen molar-refractivity contribution in [2.24, 2.45) is 0 Å². The maximum Gasteiger partial charge on any atom is 0.307 e. The summed E-state index contributed by atoms with van der Waals surface area (Å²) in [6, 6.07) is 10.4. The number of thiophene rings is 1. The minimum absolute atomic E-state index is 0.134. The van der Waals surface area contributed by atoms with Gasteiger partial charge in [-0.15, -0.1) is 11.3 Å². The summed E-state index contributed by atoms with van der Waals surface area (Å²) in [7, 11) is 0. The van der Waals surface area contributed by atoms with Crippen LogP contribution in [0.4, 0.5) is 0 Å². The van der Waals surface area contributed by atoms with Crippen LogP contribution in [0.25, 0.3) is 5.57 Å². The number of nitrogens with zero attached hydrogens (tertiary/aromatic N) is 1. The Morgan fingerprint density at radius 3 is 2.57 bits per heavy atom. The van der Waals surface area contributed by atoms with E-state index in [0.29, 0.717) is 12.8 Å². The van der Waals surface area contributed by atoms with Gasteiger partial charge in [0, 0.05) is 31.6 Å². The summed E-state index contributed by atoms with van der Waals surface area (Å²) >= 11 is 1.56. The third-order valence-electron chi connectivity index (χ3n) is 5.69. The van der Waals surface area contributed by atoms with Gasteiger partial charge >= 0.3 is 5.97 Å². The van der Waals surface area contributed by atoms with Crippen molar-refractivity contribution >= 4 is 28.7 Å². The fraction of sp³-hybridized carbons (Fsp3) is 0.440. The Morgan fingerprint density at radius 1 is 1.10 bits per heavy atom. The molecule has 0 saturated carbocycles. The van der Waals surface area contributed by atoms with Crippen LogP contribution in [0.3, 0.4) is 0 Å². The first-order chi connectivity index (χ1) is 14.3. The van der Waals surface area contributed by atoms with Gasteiger partial charge in [0.05, 0.1) is 11.3 Å². The highest BCUT2D eigenvalue weighted by Crippen LogP contribution is 2.40. The molecule has 1 fully saturated rings. The molecule has 2 heterocycles. The minimum atomic E-state index is -0.431. The molecule has 0 radical (unpaired) electrons. The van der Waals surface area contributed by atoms with E-state index in [9.17, 15) is 9.59 Å². The molecule has 1 aromatic heterocycles. The zero-order valence-electron chi connectivity index (χ0n) is 18.0. The van der Waals surface area contributed by atoms with E-state index in [-0.39, 0.29) is 11.8 Å². The van der Waals surface area contributed by atoms with Crippen LogP contribution in [0.15, 0.2) is 41.3 Å². The molecule has 4 nitrogen and oxygen atoms in total. The Bertz CT molecular complexity index is 986. The number of carbonyl (C=O) groups excluding carboxylic acids is 2. The molecular weight excluding hydrogens is 394 g/mol. The number of fused-ring (bicyclic) bond motifs is 2. The van der Waals surface area contributed by atoms with Gasteiger partial charge in [-0.3, -0.25) is 9.59 Å². The number of hydrogen-bond donors (Lipinski definition) is 0. The predicted octanol–water partition coefficient (Wildman–Crippen LogP) is 5.12. The van der Waals surface area contributed by atoms with Crippen LogP contribution in [-0.4, -0.2) is 41.9 Å². The number of esters is 1. The molecule has 0 bridgehead atoms. The summed E-state index contributed by atoms with van der Waals surface area (Å²) < 4.78 is 5.43. The molecule has 30 heavy (non-hydrogen) atoms. The van der Waals surface area contributed by atoms with Crippen LogP contribution in [0, 0.1) is 0 Å². The average molecular weight is 424 g/mol. The number of piperidine rings is 1. The predicted molar refractivity (Wildman–Crippen MR) is 121 cm³/mol. The maximum atomic E-state index is 12.8. The van der Waals surface area contributed by atoms with Crippen molar-refractivity contribution in [3.05, 3.63) is 62.9 Å². The van der Waals surface area contributed by atoms with Gasteiger partial charge in [-0.2, -0.15) is 0 Å². The number of benzene rings is 1. The number of ether oxygens (including phenoxy) is 1. The molecule has 158 valence electrons. The average Bonchev–Trinajstić information content (AvgIpc) is 3.13. The molecule has 1 aromatic carbocycles. The second-order valence-corrected chi connectivity index (χ2v) is 9.99. The molecule has 2 aromatic rings. The van der Waals surface area contributed by atoms with E-state index in [0.717, 1.165) is 48.5 Å². The van der Waals surface area contributed by atoms with Gasteiger partial charge in [-0.05, 0) is 61.8 Å². The highest BCUT2D eigenvalue weighted by molar-refractivity contribution is 7.12. The molecule has 0 spiro atoms. The molecule has 0 amide bonds. The van der Waals surface area contributed by atoms with E-state index < -0.39 is 5.60 Å². The molecule has 1 aliphatic heterocycles. The first-order valence-electron chi connectivity index (χ1n) is 10.7. The second-order valence-electron chi connectivity index (χ2n) is 9.08. The minimum Gasteiger partial charge on any atom is -0.460 e. The fourth-order valence-corrected chi connectivity index (χ4v) is 5.20. The van der Waals surface area contributed by atoms with Gasteiger partial charge in [0.25, 0.3) is 0 Å². The molecular formula is C25H29NO3S. The van der Waals surface area contributed by atoms with E-state index in [4.69, 9.17) is 4.74 Å². The largest absolute Gasteiger partial charge is 0.460 e. The third-order valence-corrected chi connectivity index (χ3v) is 6.65. The molecule has 1 saturated heterocycles. The van der Waals surface area contributed by atoms with E-state index >= 15 is 0 Å². The standard InChI is InChI=1S/C25H29NO3S/c1-25(2,3)29-22(28)10-14-26-12-8-17(9-13-26)23-19-7-5-4-6-18(19)16-21(27)24-20(23)11-15-30-24/h4-7,11,15H,8-10,12-14,16H2,1-3H3. The quantitative estimate of drug-likeness (QED) is 0.643. The molecule has 0 N–H and O–H groups in total. The first kappa shape index (κ1) is 21.0. The Kier molecular flexibility index (Phi) is 5.94. The lowest BCUT2D eigenvalue weighted by atomic mass is 9.87. The van der Waals surface area contributed by atoms with Crippen LogP contribution < -0.4 is 0 Å². The lowest BCUT2D eigenvalue weighted by Crippen LogP contribution is -2.34. The Morgan fingerprint density at radius 2 is 1.83 bits per heavy atom. The second kappa shape index (κ2) is 8.48. The molecule has 5 heteroatoms. The van der Waals surface area contributed by atoms with E-state index in [1.807, 2.05) is 32.2 Å². The number of hydrogen-bond acceptors (Lipinski definition) is 5. The first-order valence-corrected chi connectivity index (χ1v) is 11.6. The highest BCUT2D eigenvalue weighted by Gasteiger charge is 2.28. The molecule has 4 rings (SSSR count). The zero-order chi connectivity index (χ0) is 21.3. The van der Waals surface area contributed by atoms with Crippen molar-refractivity contribution in [1.82, 2.24) is 4.90 Å².